The van der Waals surface area contributed by atoms with Crippen molar-refractivity contribution in [1.82, 2.24) is 0 Å². The van der Waals surface area contributed by atoms with Gasteiger partial charge in [-0.1, -0.05) is 0 Å². The number of carbonyl (C=O) groups excluding carboxylic acids is 1. The predicted molar refractivity (Wildman–Crippen MR) is 69.4 cm³/mol. The third-order valence-corrected chi connectivity index (χ3v) is 2.66. The Morgan fingerprint density at radius 1 is 1.21 bits per heavy atom. The number of ether oxygens (including phenoxy) is 3. The number of esters is 1. The first kappa shape index (κ1) is 20.1. The van der Waals surface area contributed by atoms with Gasteiger partial charge in [0.2, 0.25) is 0 Å². The fourth-order valence-electron chi connectivity index (χ4n) is 1.46. The molecule has 0 aromatic rings. The summed E-state index contributed by atoms with van der Waals surface area (Å²) in [6, 6.07) is 1.76. The van der Waals surface area contributed by atoms with Gasteiger partial charge in [-0.15, -0.1) is 0 Å². The van der Waals surface area contributed by atoms with Crippen LogP contribution in [0.3, 0.4) is 0 Å². The van der Waals surface area contributed by atoms with E-state index in [1.807, 2.05) is 0 Å². The van der Waals surface area contributed by atoms with Crippen molar-refractivity contribution in [2.24, 2.45) is 22.8 Å². The highest BCUT2D eigenvalue weighted by Crippen LogP contribution is 2.27. The summed E-state index contributed by atoms with van der Waals surface area (Å²) in [5.74, 6) is 7.54. The zero-order valence-corrected chi connectivity index (χ0v) is 11.6. The number of nitrogens with two attached hydrogens (primary N) is 3. The van der Waals surface area contributed by atoms with Crippen LogP contribution in [0.5, 0.6) is 0 Å². The molecule has 19 heavy (non-hydrogen) atoms. The summed E-state index contributed by atoms with van der Waals surface area (Å²) in [7, 11) is 3.11. The summed E-state index contributed by atoms with van der Waals surface area (Å²) in [6.07, 6.45) is 0.904. The minimum atomic E-state index is -0.830. The monoisotopic (exact) mass is 276 g/mol. The van der Waals surface area contributed by atoms with Gasteiger partial charge >= 0.3 is 5.97 Å². The summed E-state index contributed by atoms with van der Waals surface area (Å²) < 4.78 is 14.8. The number of rotatable bonds is 9. The highest BCUT2D eigenvalue weighted by Gasteiger charge is 2.38. The molecule has 0 aromatic carbocycles. The van der Waals surface area contributed by atoms with E-state index in [0.717, 1.165) is 0 Å². The van der Waals surface area contributed by atoms with Crippen molar-refractivity contribution in [2.45, 2.75) is 12.8 Å². The Hall–Kier alpha value is -1.24. The summed E-state index contributed by atoms with van der Waals surface area (Å²) in [4.78, 5) is 11.9. The number of nitrogens with zero attached hydrogens (tertiary/aromatic N) is 1. The van der Waals surface area contributed by atoms with Crippen LogP contribution in [0.15, 0.2) is 0 Å². The Labute approximate surface area is 113 Å². The Bertz CT molecular complexity index is 260. The lowest BCUT2D eigenvalue weighted by atomic mass is 9.81. The van der Waals surface area contributed by atoms with Crippen molar-refractivity contribution in [3.05, 3.63) is 0 Å². The molecule has 0 aliphatic heterocycles. The molecule has 0 unspecified atom stereocenters. The molecule has 0 aliphatic carbocycles. The molecule has 8 nitrogen and oxygen atoms in total. The molecular weight excluding hydrogens is 252 g/mol. The molecule has 0 bridgehead atoms. The number of hydrogen-bond acceptors (Lipinski definition) is 8. The van der Waals surface area contributed by atoms with E-state index >= 15 is 0 Å². The molecule has 0 amide bonds. The van der Waals surface area contributed by atoms with E-state index in [0.29, 0.717) is 26.1 Å². The van der Waals surface area contributed by atoms with Gasteiger partial charge in [0, 0.05) is 34.0 Å². The fourth-order valence-corrected chi connectivity index (χ4v) is 1.46. The number of carbonyl (C=O) groups is 1. The number of methoxy groups -OCH3 is 2. The average Bonchev–Trinajstić information content (AvgIpc) is 2.47. The van der Waals surface area contributed by atoms with Gasteiger partial charge in [0.05, 0.1) is 5.41 Å². The smallest absolute Gasteiger partial charge is 0.314 e. The lowest BCUT2D eigenvalue weighted by Gasteiger charge is -2.29. The molecule has 0 spiro atoms. The Morgan fingerprint density at radius 2 is 1.68 bits per heavy atom. The SMILES string of the molecule is COCCC(CN)(CCOC)C(=O)OCC#N.NN. The van der Waals surface area contributed by atoms with Crippen LogP contribution in [-0.2, 0) is 19.0 Å². The first-order chi connectivity index (χ1) is 9.16. The Morgan fingerprint density at radius 3 is 2.00 bits per heavy atom. The van der Waals surface area contributed by atoms with Gasteiger partial charge in [0.1, 0.15) is 6.07 Å². The maximum atomic E-state index is 11.9. The first-order valence-corrected chi connectivity index (χ1v) is 5.72. The number of hydrazine groups is 1. The number of nitriles is 1. The second kappa shape index (κ2) is 13.2. The number of hydrogen-bond donors (Lipinski definition) is 3. The molecule has 8 heteroatoms. The first-order valence-electron chi connectivity index (χ1n) is 5.72. The lowest BCUT2D eigenvalue weighted by molar-refractivity contribution is -0.156. The van der Waals surface area contributed by atoms with Crippen LogP contribution in [0.1, 0.15) is 12.8 Å². The van der Waals surface area contributed by atoms with Crippen LogP contribution in [0.2, 0.25) is 0 Å². The molecule has 0 atom stereocenters. The van der Waals surface area contributed by atoms with Crippen molar-refractivity contribution < 1.29 is 19.0 Å². The summed E-state index contributed by atoms with van der Waals surface area (Å²) in [6.45, 7) is 0.690. The van der Waals surface area contributed by atoms with Crippen LogP contribution < -0.4 is 17.4 Å². The van der Waals surface area contributed by atoms with E-state index in [1.54, 1.807) is 20.3 Å². The molecule has 6 N–H and O–H groups in total. The van der Waals surface area contributed by atoms with Crippen LogP contribution in [0.25, 0.3) is 0 Å². The van der Waals surface area contributed by atoms with E-state index in [9.17, 15) is 4.79 Å². The maximum absolute atomic E-state index is 11.9. The minimum Gasteiger partial charge on any atom is -0.450 e. The van der Waals surface area contributed by atoms with Gasteiger partial charge in [-0.05, 0) is 12.8 Å². The van der Waals surface area contributed by atoms with Gasteiger partial charge in [-0.25, -0.2) is 0 Å². The maximum Gasteiger partial charge on any atom is 0.314 e. The van der Waals surface area contributed by atoms with Gasteiger partial charge in [0.15, 0.2) is 6.61 Å². The zero-order valence-electron chi connectivity index (χ0n) is 11.6. The van der Waals surface area contributed by atoms with Crippen molar-refractivity contribution >= 4 is 5.97 Å². The van der Waals surface area contributed by atoms with Crippen molar-refractivity contribution in [1.29, 1.82) is 5.26 Å². The Kier molecular flexibility index (Phi) is 14.0. The second-order valence-electron chi connectivity index (χ2n) is 3.70. The van der Waals surface area contributed by atoms with E-state index in [1.165, 1.54) is 0 Å². The summed E-state index contributed by atoms with van der Waals surface area (Å²) in [5.41, 5.74) is 4.84. The minimum absolute atomic E-state index is 0.143. The molecule has 112 valence electrons. The van der Waals surface area contributed by atoms with Crippen LogP contribution in [0, 0.1) is 16.7 Å². The standard InChI is InChI=1S/C11H20N2O4.H4N2/c1-15-6-3-11(9-13,4-7-16-2)10(14)17-8-5-12;1-2/h3-4,6-9,13H2,1-2H3;1-2H2. The van der Waals surface area contributed by atoms with E-state index in [-0.39, 0.29) is 13.2 Å². The van der Waals surface area contributed by atoms with Gasteiger partial charge in [-0.2, -0.15) is 5.26 Å². The quantitative estimate of drug-likeness (QED) is 0.273. The second-order valence-corrected chi connectivity index (χ2v) is 3.70. The zero-order chi connectivity index (χ0) is 15.1. The topological polar surface area (TPSA) is 147 Å². The highest BCUT2D eigenvalue weighted by atomic mass is 16.5. The lowest BCUT2D eigenvalue weighted by Crippen LogP contribution is -2.42. The largest absolute Gasteiger partial charge is 0.450 e. The van der Waals surface area contributed by atoms with Crippen LogP contribution in [-0.4, -0.2) is 46.6 Å². The van der Waals surface area contributed by atoms with Crippen LogP contribution in [0.4, 0.5) is 0 Å². The normalized spacial score (nSPS) is 10.1. The summed E-state index contributed by atoms with van der Waals surface area (Å²) in [5, 5.41) is 8.40. The molecule has 0 rings (SSSR count). The van der Waals surface area contributed by atoms with Crippen LogP contribution >= 0.6 is 0 Å². The molecular formula is C11H24N4O4. The van der Waals surface area contributed by atoms with E-state index < -0.39 is 11.4 Å². The third-order valence-electron chi connectivity index (χ3n) is 2.66. The summed E-state index contributed by atoms with van der Waals surface area (Å²) >= 11 is 0. The molecule has 0 saturated carbocycles. The molecule has 0 heterocycles. The molecule has 0 fully saturated rings. The third kappa shape index (κ3) is 7.71. The predicted octanol–water partition coefficient (Wildman–Crippen LogP) is -1.11. The van der Waals surface area contributed by atoms with Crippen molar-refractivity contribution in [2.75, 3.05) is 40.6 Å². The highest BCUT2D eigenvalue weighted by molar-refractivity contribution is 5.77. The molecule has 0 aliphatic rings. The fraction of sp³-hybridized carbons (Fsp3) is 0.818. The van der Waals surface area contributed by atoms with Gasteiger partial charge < -0.3 is 19.9 Å². The van der Waals surface area contributed by atoms with Gasteiger partial charge in [-0.3, -0.25) is 16.5 Å². The van der Waals surface area contributed by atoms with E-state index in [4.69, 9.17) is 25.2 Å². The van der Waals surface area contributed by atoms with Gasteiger partial charge in [0.25, 0.3) is 0 Å². The van der Waals surface area contributed by atoms with E-state index in [2.05, 4.69) is 11.7 Å². The van der Waals surface area contributed by atoms with Crippen molar-refractivity contribution in [3.63, 3.8) is 0 Å². The Balaban J connectivity index is 0. The van der Waals surface area contributed by atoms with Crippen molar-refractivity contribution in [3.8, 4) is 6.07 Å². The molecule has 0 aromatic heterocycles. The average molecular weight is 276 g/mol. The molecule has 0 saturated heterocycles. The molecule has 0 radical (unpaired) electrons.